The lowest BCUT2D eigenvalue weighted by Crippen LogP contribution is -2.34. The van der Waals surface area contributed by atoms with E-state index in [0.717, 1.165) is 30.5 Å². The molecule has 1 fully saturated rings. The minimum Gasteiger partial charge on any atom is -0.326 e. The van der Waals surface area contributed by atoms with E-state index >= 15 is 0 Å². The van der Waals surface area contributed by atoms with E-state index in [9.17, 15) is 14.4 Å². The molecule has 0 bridgehead atoms. The lowest BCUT2D eigenvalue weighted by atomic mass is 10.1. The molecule has 0 spiro atoms. The van der Waals surface area contributed by atoms with Crippen molar-refractivity contribution in [2.24, 2.45) is 0 Å². The van der Waals surface area contributed by atoms with Gasteiger partial charge in [-0.15, -0.1) is 0 Å². The summed E-state index contributed by atoms with van der Waals surface area (Å²) in [5.74, 6) is -0.461. The Morgan fingerprint density at radius 1 is 1.10 bits per heavy atom. The summed E-state index contributed by atoms with van der Waals surface area (Å²) in [6.45, 7) is 3.99. The van der Waals surface area contributed by atoms with Crippen LogP contribution < -0.4 is 10.6 Å². The zero-order chi connectivity index (χ0) is 21.5. The van der Waals surface area contributed by atoms with Gasteiger partial charge in [-0.25, -0.2) is 4.79 Å². The Morgan fingerprint density at radius 3 is 2.47 bits per heavy atom. The largest absolute Gasteiger partial charge is 0.326 e. The molecule has 0 saturated carbocycles. The molecule has 0 aliphatic carbocycles. The Morgan fingerprint density at radius 2 is 1.80 bits per heavy atom. The van der Waals surface area contributed by atoms with Gasteiger partial charge in [0.25, 0.3) is 5.91 Å². The van der Waals surface area contributed by atoms with Crippen molar-refractivity contribution in [1.82, 2.24) is 10.2 Å². The number of nitrogens with zero attached hydrogens (tertiary/aromatic N) is 1. The molecule has 6 heteroatoms. The number of anilines is 1. The van der Waals surface area contributed by atoms with Gasteiger partial charge in [0, 0.05) is 12.1 Å². The fraction of sp³-hybridized carbons (Fsp3) is 0.375. The van der Waals surface area contributed by atoms with Gasteiger partial charge >= 0.3 is 6.03 Å². The number of benzene rings is 2. The standard InChI is InChI=1S/C24H29N3O3/c1-3-4-8-18-11-13-20(14-12-18)25-22(28)16-15-21-23(29)27(24(30)26-21)17(2)19-9-6-5-7-10-19/h5-7,9-14,17,21H,3-4,8,15-16H2,1-2H3,(H,25,28)(H,26,30)/t17-,21-/m1/s1. The molecule has 1 saturated heterocycles. The van der Waals surface area contributed by atoms with Gasteiger partial charge in [-0.1, -0.05) is 55.8 Å². The van der Waals surface area contributed by atoms with Gasteiger partial charge in [0.2, 0.25) is 5.91 Å². The number of urea groups is 1. The van der Waals surface area contributed by atoms with Gasteiger partial charge in [0.15, 0.2) is 0 Å². The number of aryl methyl sites for hydroxylation is 1. The molecular formula is C24H29N3O3. The maximum atomic E-state index is 12.7. The second kappa shape index (κ2) is 10.1. The number of hydrogen-bond donors (Lipinski definition) is 2. The van der Waals surface area contributed by atoms with Crippen LogP contribution in [0.1, 0.15) is 56.7 Å². The third kappa shape index (κ3) is 5.26. The molecule has 1 aliphatic heterocycles. The van der Waals surface area contributed by atoms with Crippen LogP contribution in [0.25, 0.3) is 0 Å². The zero-order valence-corrected chi connectivity index (χ0v) is 17.6. The number of imide groups is 1. The van der Waals surface area contributed by atoms with Crippen LogP contribution in [-0.4, -0.2) is 28.8 Å². The van der Waals surface area contributed by atoms with Gasteiger partial charge in [-0.3, -0.25) is 14.5 Å². The second-order valence-electron chi connectivity index (χ2n) is 7.68. The first-order valence-corrected chi connectivity index (χ1v) is 10.6. The number of carbonyl (C=O) groups is 3. The summed E-state index contributed by atoms with van der Waals surface area (Å²) in [6, 6.07) is 15.8. The predicted octanol–water partition coefficient (Wildman–Crippen LogP) is 4.43. The maximum absolute atomic E-state index is 12.7. The zero-order valence-electron chi connectivity index (χ0n) is 17.6. The summed E-state index contributed by atoms with van der Waals surface area (Å²) in [4.78, 5) is 38.6. The highest BCUT2D eigenvalue weighted by Gasteiger charge is 2.40. The molecule has 0 unspecified atom stereocenters. The van der Waals surface area contributed by atoms with Crippen molar-refractivity contribution in [3.05, 3.63) is 65.7 Å². The normalized spacial score (nSPS) is 17.0. The van der Waals surface area contributed by atoms with E-state index in [-0.39, 0.29) is 30.7 Å². The van der Waals surface area contributed by atoms with Crippen molar-refractivity contribution >= 4 is 23.5 Å². The van der Waals surface area contributed by atoms with Gasteiger partial charge in [-0.05, 0) is 49.4 Å². The van der Waals surface area contributed by atoms with Crippen molar-refractivity contribution in [2.75, 3.05) is 5.32 Å². The van der Waals surface area contributed by atoms with E-state index < -0.39 is 12.1 Å². The molecule has 0 aromatic heterocycles. The molecule has 6 nitrogen and oxygen atoms in total. The summed E-state index contributed by atoms with van der Waals surface area (Å²) in [6.07, 6.45) is 3.75. The van der Waals surface area contributed by atoms with Crippen LogP contribution in [-0.2, 0) is 16.0 Å². The maximum Gasteiger partial charge on any atom is 0.325 e. The van der Waals surface area contributed by atoms with E-state index in [4.69, 9.17) is 0 Å². The Balaban J connectivity index is 1.51. The fourth-order valence-corrected chi connectivity index (χ4v) is 3.63. The first-order valence-electron chi connectivity index (χ1n) is 10.6. The number of nitrogens with one attached hydrogen (secondary N) is 2. The molecular weight excluding hydrogens is 378 g/mol. The van der Waals surface area contributed by atoms with Crippen LogP contribution in [0, 0.1) is 0 Å². The van der Waals surface area contributed by atoms with E-state index in [1.54, 1.807) is 0 Å². The fourth-order valence-electron chi connectivity index (χ4n) is 3.63. The summed E-state index contributed by atoms with van der Waals surface area (Å²) in [5, 5.41) is 5.57. The number of hydrogen-bond acceptors (Lipinski definition) is 3. The van der Waals surface area contributed by atoms with Crippen LogP contribution in [0.15, 0.2) is 54.6 Å². The Labute approximate surface area is 177 Å². The molecule has 2 atom stereocenters. The quantitative estimate of drug-likeness (QED) is 0.604. The first kappa shape index (κ1) is 21.6. The first-order chi connectivity index (χ1) is 14.5. The lowest BCUT2D eigenvalue weighted by Gasteiger charge is -2.21. The van der Waals surface area contributed by atoms with Crippen LogP contribution in [0.4, 0.5) is 10.5 Å². The molecule has 2 N–H and O–H groups in total. The Kier molecular flexibility index (Phi) is 7.22. The predicted molar refractivity (Wildman–Crippen MR) is 117 cm³/mol. The average molecular weight is 408 g/mol. The summed E-state index contributed by atoms with van der Waals surface area (Å²) in [5.41, 5.74) is 2.88. The molecule has 0 radical (unpaired) electrons. The highest BCUT2D eigenvalue weighted by atomic mass is 16.2. The summed E-state index contributed by atoms with van der Waals surface area (Å²) in [7, 11) is 0. The highest BCUT2D eigenvalue weighted by Crippen LogP contribution is 2.25. The van der Waals surface area contributed by atoms with E-state index in [2.05, 4.69) is 17.6 Å². The molecule has 3 rings (SSSR count). The van der Waals surface area contributed by atoms with Gasteiger partial charge < -0.3 is 10.6 Å². The van der Waals surface area contributed by atoms with E-state index in [1.165, 1.54) is 10.5 Å². The monoisotopic (exact) mass is 407 g/mol. The molecule has 158 valence electrons. The minimum atomic E-state index is -0.675. The van der Waals surface area contributed by atoms with Crippen LogP contribution in [0.5, 0.6) is 0 Å². The Bertz CT molecular complexity index is 880. The molecule has 1 heterocycles. The highest BCUT2D eigenvalue weighted by molar-refractivity contribution is 6.05. The third-order valence-electron chi connectivity index (χ3n) is 5.44. The number of amides is 4. The second-order valence-corrected chi connectivity index (χ2v) is 7.68. The van der Waals surface area contributed by atoms with Gasteiger partial charge in [-0.2, -0.15) is 0 Å². The van der Waals surface area contributed by atoms with Crippen molar-refractivity contribution in [3.8, 4) is 0 Å². The number of carbonyl (C=O) groups excluding carboxylic acids is 3. The van der Waals surface area contributed by atoms with Crippen molar-refractivity contribution < 1.29 is 14.4 Å². The topological polar surface area (TPSA) is 78.5 Å². The Hall–Kier alpha value is -3.15. The lowest BCUT2D eigenvalue weighted by molar-refractivity contribution is -0.129. The van der Waals surface area contributed by atoms with E-state index in [1.807, 2.05) is 61.5 Å². The molecule has 30 heavy (non-hydrogen) atoms. The van der Waals surface area contributed by atoms with Crippen molar-refractivity contribution in [3.63, 3.8) is 0 Å². The summed E-state index contributed by atoms with van der Waals surface area (Å²) >= 11 is 0. The number of unbranched alkanes of at least 4 members (excludes halogenated alkanes) is 1. The van der Waals surface area contributed by atoms with Crippen LogP contribution in [0.3, 0.4) is 0 Å². The number of rotatable bonds is 9. The van der Waals surface area contributed by atoms with Gasteiger partial charge in [0.05, 0.1) is 6.04 Å². The van der Waals surface area contributed by atoms with Crippen LogP contribution in [0.2, 0.25) is 0 Å². The summed E-state index contributed by atoms with van der Waals surface area (Å²) < 4.78 is 0. The molecule has 1 aliphatic rings. The minimum absolute atomic E-state index is 0.155. The van der Waals surface area contributed by atoms with Crippen LogP contribution >= 0.6 is 0 Å². The molecule has 2 aromatic carbocycles. The van der Waals surface area contributed by atoms with Crippen molar-refractivity contribution in [1.29, 1.82) is 0 Å². The smallest absolute Gasteiger partial charge is 0.325 e. The molecule has 4 amide bonds. The third-order valence-corrected chi connectivity index (χ3v) is 5.44. The van der Waals surface area contributed by atoms with E-state index in [0.29, 0.717) is 0 Å². The SMILES string of the molecule is CCCCc1ccc(NC(=O)CC[C@H]2NC(=O)N([C@H](C)c3ccccc3)C2=O)cc1. The van der Waals surface area contributed by atoms with Gasteiger partial charge in [0.1, 0.15) is 6.04 Å². The molecule has 2 aromatic rings. The van der Waals surface area contributed by atoms with Crippen molar-refractivity contribution in [2.45, 2.75) is 58.0 Å². The average Bonchev–Trinajstić information content (AvgIpc) is 3.05.